The fourth-order valence-electron chi connectivity index (χ4n) is 11.3. The Morgan fingerprint density at radius 2 is 1.74 bits per heavy atom. The summed E-state index contributed by atoms with van der Waals surface area (Å²) in [7, 11) is 3.32. The molecule has 4 aliphatic rings. The van der Waals surface area contributed by atoms with Gasteiger partial charge < -0.3 is 38.8 Å². The number of amides is 4. The number of nitrogens with one attached hydrogen (secondary N) is 1. The number of carbonyl (C=O) groups is 5. The van der Waals surface area contributed by atoms with Crippen molar-refractivity contribution in [1.82, 2.24) is 34.5 Å². The second-order valence-electron chi connectivity index (χ2n) is 21.1. The number of aryl methyl sites for hydroxylation is 1. The van der Waals surface area contributed by atoms with Gasteiger partial charge >= 0.3 is 5.97 Å². The van der Waals surface area contributed by atoms with Crippen molar-refractivity contribution in [2.24, 2.45) is 17.8 Å². The van der Waals surface area contributed by atoms with Gasteiger partial charge in [0.15, 0.2) is 0 Å². The van der Waals surface area contributed by atoms with E-state index in [0.29, 0.717) is 65.2 Å². The van der Waals surface area contributed by atoms with E-state index in [4.69, 9.17) is 19.2 Å². The summed E-state index contributed by atoms with van der Waals surface area (Å²) in [5.41, 5.74) is 6.76. The second kappa shape index (κ2) is 22.8. The number of rotatable bonds is 10. The molecule has 0 aliphatic carbocycles. The number of nitrogens with zero attached hydrogens (tertiary/aromatic N) is 6. The minimum absolute atomic E-state index is 0.140. The van der Waals surface area contributed by atoms with Crippen LogP contribution in [0.1, 0.15) is 90.2 Å². The topological polar surface area (TPSA) is 156 Å². The van der Waals surface area contributed by atoms with Crippen LogP contribution in [-0.2, 0) is 57.6 Å². The van der Waals surface area contributed by atoms with Gasteiger partial charge in [-0.1, -0.05) is 50.1 Å². The number of esters is 1. The smallest absolute Gasteiger partial charge is 0.306 e. The number of methoxy groups -OCH3 is 1. The first-order valence-corrected chi connectivity index (χ1v) is 25.9. The average Bonchev–Trinajstić information content (AvgIpc) is 3.98. The van der Waals surface area contributed by atoms with E-state index < -0.39 is 29.5 Å². The lowest BCUT2D eigenvalue weighted by Gasteiger charge is -2.37. The first-order chi connectivity index (χ1) is 34.5. The highest BCUT2D eigenvalue weighted by Gasteiger charge is 2.40. The van der Waals surface area contributed by atoms with Gasteiger partial charge in [-0.05, 0) is 111 Å². The number of piperidine rings is 1. The summed E-state index contributed by atoms with van der Waals surface area (Å²) in [4.78, 5) is 82.8. The summed E-state index contributed by atoms with van der Waals surface area (Å²) in [6, 6.07) is 16.8. The molecule has 0 saturated carbocycles. The molecule has 3 saturated heterocycles. The molecule has 0 spiro atoms. The van der Waals surface area contributed by atoms with Gasteiger partial charge in [-0.3, -0.25) is 33.9 Å². The van der Waals surface area contributed by atoms with Crippen molar-refractivity contribution in [3.05, 3.63) is 77.6 Å². The van der Waals surface area contributed by atoms with E-state index in [9.17, 15) is 24.0 Å². The summed E-state index contributed by atoms with van der Waals surface area (Å²) in [5.74, 6) is 3.29. The number of hydrogen-bond donors (Lipinski definition) is 1. The van der Waals surface area contributed by atoms with Crippen molar-refractivity contribution in [2.75, 3.05) is 73.2 Å². The number of hydrogen-bond acceptors (Lipinski definition) is 10. The number of cyclic esters (lactones) is 1. The van der Waals surface area contributed by atoms with Gasteiger partial charge in [0, 0.05) is 95.5 Å². The van der Waals surface area contributed by atoms with Crippen LogP contribution in [0.3, 0.4) is 0 Å². The maximum atomic E-state index is 14.9. The number of pyridine rings is 1. The maximum absolute atomic E-state index is 14.9. The number of benzene rings is 2. The van der Waals surface area contributed by atoms with Crippen molar-refractivity contribution in [3.8, 4) is 34.2 Å². The molecule has 4 aliphatic heterocycles. The molecule has 72 heavy (non-hydrogen) atoms. The zero-order chi connectivity index (χ0) is 51.3. The highest BCUT2D eigenvalue weighted by Crippen LogP contribution is 2.41. The first-order valence-electron chi connectivity index (χ1n) is 25.9. The van der Waals surface area contributed by atoms with E-state index in [1.54, 1.807) is 30.2 Å². The molecule has 15 heteroatoms. The third-order valence-corrected chi connectivity index (χ3v) is 15.0. The van der Waals surface area contributed by atoms with Crippen LogP contribution < -0.4 is 5.32 Å². The van der Waals surface area contributed by atoms with Crippen LogP contribution in [0.15, 0.2) is 60.8 Å². The predicted octanol–water partition coefficient (Wildman–Crippen LogP) is 6.30. The van der Waals surface area contributed by atoms with E-state index in [0.717, 1.165) is 69.6 Å². The van der Waals surface area contributed by atoms with E-state index in [2.05, 4.69) is 69.9 Å². The number of aromatic nitrogens is 2. The average molecular weight is 984 g/mol. The zero-order valence-corrected chi connectivity index (χ0v) is 43.5. The Morgan fingerprint density at radius 1 is 0.958 bits per heavy atom. The number of carbonyl (C=O) groups excluding carboxylic acids is 5. The molecule has 2 aromatic heterocycles. The summed E-state index contributed by atoms with van der Waals surface area (Å²) in [5, 5.41) is 4.18. The summed E-state index contributed by atoms with van der Waals surface area (Å²) in [6.45, 7) is 17.3. The molecule has 2 aromatic carbocycles. The minimum atomic E-state index is -0.963. The molecule has 5 atom stereocenters. The van der Waals surface area contributed by atoms with Crippen LogP contribution in [-0.4, -0.2) is 150 Å². The monoisotopic (exact) mass is 984 g/mol. The van der Waals surface area contributed by atoms with Crippen molar-refractivity contribution >= 4 is 40.5 Å². The minimum Gasteiger partial charge on any atom is -0.459 e. The first kappa shape index (κ1) is 52.2. The molecular weight excluding hydrogens is 911 g/mol. The van der Waals surface area contributed by atoms with Gasteiger partial charge in [-0.2, -0.15) is 0 Å². The molecule has 384 valence electrons. The van der Waals surface area contributed by atoms with Crippen LogP contribution in [0.25, 0.3) is 33.3 Å². The van der Waals surface area contributed by atoms with Crippen LogP contribution in [0.2, 0.25) is 0 Å². The van der Waals surface area contributed by atoms with Crippen LogP contribution in [0, 0.1) is 29.6 Å². The summed E-state index contributed by atoms with van der Waals surface area (Å²) >= 11 is 0. The number of likely N-dealkylation sites (tertiary alicyclic amines) is 1. The summed E-state index contributed by atoms with van der Waals surface area (Å²) < 4.78 is 20.0. The van der Waals surface area contributed by atoms with Crippen molar-refractivity contribution in [1.29, 1.82) is 0 Å². The molecule has 0 radical (unpaired) electrons. The lowest BCUT2D eigenvalue weighted by atomic mass is 9.90. The molecular formula is C57H73N7O8. The second-order valence-corrected chi connectivity index (χ2v) is 21.1. The number of morpholine rings is 1. The Kier molecular flexibility index (Phi) is 16.5. The third-order valence-electron chi connectivity index (χ3n) is 15.0. The summed E-state index contributed by atoms with van der Waals surface area (Å²) in [6.07, 6.45) is 4.22. The predicted molar refractivity (Wildman–Crippen MR) is 276 cm³/mol. The molecule has 1 N–H and O–H groups in total. The standard InChI is InChI=1S/C57H73N7O8/c1-9-64-48-20-19-42-33-45(48)46(53(64)44-17-11-22-58-51(44)38(4)70-8)34-57(5,6)72-50(66)32-40-15-12-24-63(35-40)56(69)47(31-39-14-10-16-41(42)30-39)59-54(67)52(37(2)3)60(7)55(68)43-21-25-62(36-43)49(65)18-13-23-61-26-28-71-29-27-61/h10-11,14,16-17,19-20,22,30,33,37-38,40,43,47,52H,9,12,15,21,23-29,31-32,34-36H2,1-8H3,(H,59,67)/t38-,40-,43-,47-,52-/m0/s1. The van der Waals surface area contributed by atoms with Gasteiger partial charge in [0.05, 0.1) is 49.6 Å². The molecule has 0 unspecified atom stereocenters. The molecule has 6 heterocycles. The Morgan fingerprint density at radius 3 is 2.49 bits per heavy atom. The van der Waals surface area contributed by atoms with E-state index >= 15 is 0 Å². The maximum Gasteiger partial charge on any atom is 0.306 e. The largest absolute Gasteiger partial charge is 0.459 e. The van der Waals surface area contributed by atoms with Gasteiger partial charge in [0.2, 0.25) is 17.7 Å². The van der Waals surface area contributed by atoms with Crippen LogP contribution in [0.5, 0.6) is 0 Å². The van der Waals surface area contributed by atoms with Crippen LogP contribution >= 0.6 is 0 Å². The van der Waals surface area contributed by atoms with Gasteiger partial charge in [0.25, 0.3) is 5.91 Å². The zero-order valence-electron chi connectivity index (χ0n) is 43.5. The Bertz CT molecular complexity index is 2710. The highest BCUT2D eigenvalue weighted by atomic mass is 16.6. The van der Waals surface area contributed by atoms with Crippen molar-refractivity contribution in [2.45, 2.75) is 110 Å². The molecule has 15 nitrogen and oxygen atoms in total. The number of ether oxygens (including phenoxy) is 3. The normalized spacial score (nSPS) is 21.6. The Hall–Kier alpha value is -6.08. The van der Waals surface area contributed by atoms with Crippen LogP contribution in [0.4, 0.5) is 0 Å². The van der Waals surface area contributed by atoms with Crippen molar-refractivity contribution < 1.29 is 38.2 Å². The Balaban J connectivity index is 1.10. The quantitative estimate of drug-likeness (QED) is 0.142. The number of fused-ring (bicyclic) bond motifs is 6. The SMILES string of the molecule is CCn1c(-c2cccnc2[C@H](C)OC)c2c3cc(ccc31)-c1cccc(c1)C[C@H](NC(=O)[C@H](C(C)C)N(C)C(=O)[C@H]1CCN(C(=O)C#CCN3CCOCC3)C1)C(=O)N1CCC[C@@H](CC(=O)OC(C)(C)C2)C1. The lowest BCUT2D eigenvalue weighted by molar-refractivity contribution is -0.158. The molecule has 4 amide bonds. The van der Waals surface area contributed by atoms with Crippen molar-refractivity contribution in [3.63, 3.8) is 0 Å². The van der Waals surface area contributed by atoms with Gasteiger partial charge in [0.1, 0.15) is 17.7 Å². The third kappa shape index (κ3) is 11.7. The molecule has 8 rings (SSSR count). The van der Waals surface area contributed by atoms with E-state index in [1.165, 1.54) is 4.90 Å². The fourth-order valence-corrected chi connectivity index (χ4v) is 11.3. The lowest BCUT2D eigenvalue weighted by Crippen LogP contribution is -2.58. The fraction of sp³-hybridized carbons (Fsp3) is 0.544. The van der Waals surface area contributed by atoms with Gasteiger partial charge in [-0.15, -0.1) is 0 Å². The highest BCUT2D eigenvalue weighted by molar-refractivity contribution is 5.97. The van der Waals surface area contributed by atoms with Gasteiger partial charge in [-0.25, -0.2) is 0 Å². The Labute approximate surface area is 424 Å². The molecule has 4 aromatic rings. The molecule has 6 bridgehead atoms. The number of likely N-dealkylation sites (N-methyl/N-ethyl adjacent to an activating group) is 1. The molecule has 3 fully saturated rings. The van der Waals surface area contributed by atoms with E-state index in [-0.39, 0.29) is 61.0 Å². The van der Waals surface area contributed by atoms with E-state index in [1.807, 2.05) is 52.8 Å².